The van der Waals surface area contributed by atoms with Gasteiger partial charge in [0.2, 0.25) is 5.91 Å². The number of ether oxygens (including phenoxy) is 1. The standard InChI is InChI=1S/C43H74NO10P/c1-3-5-7-9-11-13-15-17-19-21-22-24-26-28-30-32-34-41(46)44-40(43(48)49)38-54-55(50,51)53-37-39(45)36-52-42(47)35-33-31-29-27-25-23-20-18-16-14-12-10-8-6-4-2/h6,8,12-15,18-21,39-40,45H,3-5,7,9-11,16-17,22-38H2,1-2H3,(H,44,46)(H,48,49)(H,50,51)/b8-6-,14-12-,15-13-,20-18-,21-19-. The zero-order valence-corrected chi connectivity index (χ0v) is 34.9. The molecule has 1 amide bonds. The van der Waals surface area contributed by atoms with Crippen LogP contribution in [0.4, 0.5) is 0 Å². The number of rotatable bonds is 38. The van der Waals surface area contributed by atoms with Crippen LogP contribution >= 0.6 is 7.82 Å². The molecule has 12 heteroatoms. The summed E-state index contributed by atoms with van der Waals surface area (Å²) in [5.41, 5.74) is 0. The molecule has 3 atom stereocenters. The number of hydrogen-bond acceptors (Lipinski definition) is 8. The van der Waals surface area contributed by atoms with Crippen LogP contribution in [0.2, 0.25) is 0 Å². The summed E-state index contributed by atoms with van der Waals surface area (Å²) in [5.74, 6) is -2.42. The van der Waals surface area contributed by atoms with Crippen LogP contribution in [0.15, 0.2) is 60.8 Å². The van der Waals surface area contributed by atoms with Crippen molar-refractivity contribution in [2.45, 2.75) is 174 Å². The number of carboxylic acid groups (broad SMARTS) is 1. The first-order valence-corrected chi connectivity index (χ1v) is 22.3. The molecule has 55 heavy (non-hydrogen) atoms. The Hall–Kier alpha value is -2.82. The van der Waals surface area contributed by atoms with Gasteiger partial charge in [-0.3, -0.25) is 18.6 Å². The summed E-state index contributed by atoms with van der Waals surface area (Å²) in [7, 11) is -4.76. The number of esters is 1. The van der Waals surface area contributed by atoms with Crippen molar-refractivity contribution >= 4 is 25.7 Å². The summed E-state index contributed by atoms with van der Waals surface area (Å²) in [4.78, 5) is 45.8. The van der Waals surface area contributed by atoms with Crippen molar-refractivity contribution in [3.8, 4) is 0 Å². The third-order valence-electron chi connectivity index (χ3n) is 8.54. The fourth-order valence-corrected chi connectivity index (χ4v) is 6.07. The van der Waals surface area contributed by atoms with Gasteiger partial charge in [0.15, 0.2) is 6.04 Å². The molecule has 0 aromatic rings. The van der Waals surface area contributed by atoms with Crippen molar-refractivity contribution in [3.63, 3.8) is 0 Å². The monoisotopic (exact) mass is 796 g/mol. The molecule has 0 spiro atoms. The second-order valence-electron chi connectivity index (χ2n) is 13.8. The van der Waals surface area contributed by atoms with Crippen LogP contribution in [0.25, 0.3) is 0 Å². The van der Waals surface area contributed by atoms with Crippen LogP contribution in [0.1, 0.15) is 162 Å². The second kappa shape index (κ2) is 38.1. The lowest BCUT2D eigenvalue weighted by Crippen LogP contribution is -2.43. The van der Waals surface area contributed by atoms with E-state index in [0.717, 1.165) is 96.3 Å². The van der Waals surface area contributed by atoms with Gasteiger partial charge in [-0.15, -0.1) is 0 Å². The smallest absolute Gasteiger partial charge is 0.472 e. The molecule has 0 heterocycles. The Kier molecular flexibility index (Phi) is 36.1. The molecule has 0 rings (SSSR count). The lowest BCUT2D eigenvalue weighted by molar-refractivity contribution is -0.147. The van der Waals surface area contributed by atoms with Gasteiger partial charge in [0.25, 0.3) is 0 Å². The van der Waals surface area contributed by atoms with Crippen LogP contribution in [0.3, 0.4) is 0 Å². The lowest BCUT2D eigenvalue weighted by atomic mass is 10.1. The summed E-state index contributed by atoms with van der Waals surface area (Å²) in [6, 6.07) is -1.56. The summed E-state index contributed by atoms with van der Waals surface area (Å²) in [6.45, 7) is 2.42. The number of phosphoric ester groups is 1. The zero-order valence-electron chi connectivity index (χ0n) is 34.0. The Balaban J connectivity index is 3.98. The van der Waals surface area contributed by atoms with Crippen LogP contribution in [-0.4, -0.2) is 64.9 Å². The molecule has 0 aliphatic rings. The Morgan fingerprint density at radius 2 is 1.05 bits per heavy atom. The molecule has 0 aromatic carbocycles. The average molecular weight is 796 g/mol. The number of aliphatic hydroxyl groups excluding tert-OH is 1. The number of allylic oxidation sites excluding steroid dienone is 10. The molecular weight excluding hydrogens is 721 g/mol. The second-order valence-corrected chi connectivity index (χ2v) is 15.2. The summed E-state index contributed by atoms with van der Waals surface area (Å²) in [5, 5.41) is 21.8. The maximum Gasteiger partial charge on any atom is 0.472 e. The number of carboxylic acids is 1. The lowest BCUT2D eigenvalue weighted by Gasteiger charge is -2.18. The van der Waals surface area contributed by atoms with E-state index >= 15 is 0 Å². The van der Waals surface area contributed by atoms with E-state index in [0.29, 0.717) is 12.8 Å². The maximum atomic E-state index is 12.3. The molecule has 3 unspecified atom stereocenters. The number of carbonyl (C=O) groups excluding carboxylic acids is 2. The molecular formula is C43H74NO10P. The van der Waals surface area contributed by atoms with Gasteiger partial charge in [-0.2, -0.15) is 0 Å². The third kappa shape index (κ3) is 37.9. The number of amides is 1. The molecule has 0 radical (unpaired) electrons. The van der Waals surface area contributed by atoms with Crippen molar-refractivity contribution in [2.75, 3.05) is 19.8 Å². The minimum absolute atomic E-state index is 0.126. The van der Waals surface area contributed by atoms with Crippen molar-refractivity contribution in [1.29, 1.82) is 0 Å². The number of phosphoric acid groups is 1. The maximum absolute atomic E-state index is 12.3. The molecule has 0 saturated heterocycles. The Labute approximate surface area is 332 Å². The first-order chi connectivity index (χ1) is 26.6. The van der Waals surface area contributed by atoms with Gasteiger partial charge in [-0.1, -0.05) is 132 Å². The topological polar surface area (TPSA) is 169 Å². The first-order valence-electron chi connectivity index (χ1n) is 20.8. The van der Waals surface area contributed by atoms with Crippen molar-refractivity contribution in [2.24, 2.45) is 0 Å². The molecule has 0 aliphatic heterocycles. The van der Waals surface area contributed by atoms with E-state index in [4.69, 9.17) is 13.8 Å². The van der Waals surface area contributed by atoms with E-state index in [1.165, 1.54) is 25.7 Å². The van der Waals surface area contributed by atoms with Gasteiger partial charge in [-0.05, 0) is 77.0 Å². The van der Waals surface area contributed by atoms with Gasteiger partial charge >= 0.3 is 19.8 Å². The quantitative estimate of drug-likeness (QED) is 0.0204. The van der Waals surface area contributed by atoms with Crippen molar-refractivity contribution < 1.29 is 47.8 Å². The SMILES string of the molecule is CC/C=C\C/C=C\C/C=C\CCCCCCCC(=O)OCC(O)COP(=O)(O)OCC(NC(=O)CCCCCCC/C=C\C/C=C\CCCCCC)C(=O)O. The summed E-state index contributed by atoms with van der Waals surface area (Å²) >= 11 is 0. The highest BCUT2D eigenvalue weighted by molar-refractivity contribution is 7.47. The van der Waals surface area contributed by atoms with E-state index in [2.05, 4.69) is 79.9 Å². The Morgan fingerprint density at radius 1 is 0.600 bits per heavy atom. The van der Waals surface area contributed by atoms with E-state index in [1.807, 2.05) is 0 Å². The first kappa shape index (κ1) is 52.2. The van der Waals surface area contributed by atoms with Crippen LogP contribution in [0.5, 0.6) is 0 Å². The number of carbonyl (C=O) groups is 3. The average Bonchev–Trinajstić information content (AvgIpc) is 3.16. The molecule has 316 valence electrons. The minimum Gasteiger partial charge on any atom is -0.480 e. The molecule has 0 bridgehead atoms. The van der Waals surface area contributed by atoms with Gasteiger partial charge in [0, 0.05) is 12.8 Å². The Morgan fingerprint density at radius 3 is 1.58 bits per heavy atom. The molecule has 0 fully saturated rings. The molecule has 4 N–H and O–H groups in total. The molecule has 0 aliphatic carbocycles. The highest BCUT2D eigenvalue weighted by Gasteiger charge is 2.28. The van der Waals surface area contributed by atoms with E-state index < -0.39 is 57.6 Å². The van der Waals surface area contributed by atoms with Gasteiger partial charge in [0.1, 0.15) is 12.7 Å². The highest BCUT2D eigenvalue weighted by Crippen LogP contribution is 2.43. The summed E-state index contributed by atoms with van der Waals surface area (Å²) < 4.78 is 26.8. The molecule has 0 aromatic heterocycles. The zero-order chi connectivity index (χ0) is 40.7. The predicted octanol–water partition coefficient (Wildman–Crippen LogP) is 10.4. The van der Waals surface area contributed by atoms with Crippen LogP contribution in [0, 0.1) is 0 Å². The van der Waals surface area contributed by atoms with E-state index in [-0.39, 0.29) is 12.8 Å². The minimum atomic E-state index is -4.76. The fourth-order valence-electron chi connectivity index (χ4n) is 5.30. The fraction of sp³-hybridized carbons (Fsp3) is 0.698. The molecule has 0 saturated carbocycles. The number of nitrogens with one attached hydrogen (secondary N) is 1. The number of unbranched alkanes of at least 4 members (excludes halogenated alkanes) is 14. The largest absolute Gasteiger partial charge is 0.480 e. The van der Waals surface area contributed by atoms with E-state index in [9.17, 15) is 34.1 Å². The summed E-state index contributed by atoms with van der Waals surface area (Å²) in [6.07, 6.45) is 42.4. The normalized spacial score (nSPS) is 14.4. The van der Waals surface area contributed by atoms with Crippen molar-refractivity contribution in [3.05, 3.63) is 60.8 Å². The number of aliphatic carboxylic acids is 1. The van der Waals surface area contributed by atoms with Gasteiger partial charge in [-0.25, -0.2) is 9.36 Å². The van der Waals surface area contributed by atoms with E-state index in [1.54, 1.807) is 0 Å². The Bertz CT molecular complexity index is 1170. The third-order valence-corrected chi connectivity index (χ3v) is 9.49. The van der Waals surface area contributed by atoms with Gasteiger partial charge in [0.05, 0.1) is 13.2 Å². The highest BCUT2D eigenvalue weighted by atomic mass is 31.2. The predicted molar refractivity (Wildman–Crippen MR) is 222 cm³/mol. The van der Waals surface area contributed by atoms with Crippen LogP contribution in [-0.2, 0) is 32.7 Å². The molecule has 11 nitrogen and oxygen atoms in total. The van der Waals surface area contributed by atoms with Gasteiger partial charge < -0.3 is 25.2 Å². The number of hydrogen-bond donors (Lipinski definition) is 4. The van der Waals surface area contributed by atoms with Crippen molar-refractivity contribution in [1.82, 2.24) is 5.32 Å². The van der Waals surface area contributed by atoms with Crippen LogP contribution < -0.4 is 5.32 Å². The number of aliphatic hydroxyl groups is 1.